The second-order valence-electron chi connectivity index (χ2n) is 8.93. The van der Waals surface area contributed by atoms with E-state index in [4.69, 9.17) is 32.7 Å². The lowest BCUT2D eigenvalue weighted by molar-refractivity contribution is -0.479. The molecule has 0 spiro atoms. The summed E-state index contributed by atoms with van der Waals surface area (Å²) in [4.78, 5) is 11.4. The van der Waals surface area contributed by atoms with E-state index >= 15 is 0 Å². The lowest BCUT2D eigenvalue weighted by Crippen LogP contribution is -2.12. The van der Waals surface area contributed by atoms with E-state index in [9.17, 15) is 10.1 Å². The quantitative estimate of drug-likeness (QED) is 0.101. The summed E-state index contributed by atoms with van der Waals surface area (Å²) in [5.74, 6) is 1.46. The van der Waals surface area contributed by atoms with E-state index in [1.165, 1.54) is 17.3 Å². The first-order valence-corrected chi connectivity index (χ1v) is 13.9. The maximum Gasteiger partial charge on any atom is 0.220 e. The van der Waals surface area contributed by atoms with Crippen LogP contribution in [0.4, 0.5) is 0 Å². The molecule has 4 aromatic rings. The highest BCUT2D eigenvalue weighted by atomic mass is 35.5. The molecule has 0 saturated carbocycles. The van der Waals surface area contributed by atoms with Gasteiger partial charge in [0.1, 0.15) is 17.7 Å². The third kappa shape index (κ3) is 7.03. The third-order valence-electron chi connectivity index (χ3n) is 6.11. The fraction of sp³-hybridized carbons (Fsp3) is 0.286. The number of halogens is 2. The number of nitro groups is 1. The van der Waals surface area contributed by atoms with Crippen molar-refractivity contribution < 1.29 is 14.4 Å². The second-order valence-corrected chi connectivity index (χ2v) is 10.9. The summed E-state index contributed by atoms with van der Waals surface area (Å²) in [6.07, 6.45) is 0. The molecule has 0 saturated heterocycles. The lowest BCUT2D eigenvalue weighted by atomic mass is 10.1. The summed E-state index contributed by atoms with van der Waals surface area (Å²) in [6, 6.07) is 16.8. The van der Waals surface area contributed by atoms with E-state index in [0.717, 1.165) is 16.8 Å². The van der Waals surface area contributed by atoms with Crippen LogP contribution in [0.5, 0.6) is 11.5 Å². The molecule has 8 nitrogen and oxygen atoms in total. The van der Waals surface area contributed by atoms with Crippen LogP contribution < -0.4 is 9.47 Å². The largest absolute Gasteiger partial charge is 0.490 e. The summed E-state index contributed by atoms with van der Waals surface area (Å²) in [7, 11) is 0. The third-order valence-corrected chi connectivity index (χ3v) is 7.82. The maximum absolute atomic E-state index is 11.7. The Labute approximate surface area is 241 Å². The first-order valence-electron chi connectivity index (χ1n) is 12.3. The number of benzene rings is 3. The molecule has 0 bridgehead atoms. The maximum atomic E-state index is 11.7. The van der Waals surface area contributed by atoms with E-state index in [1.54, 1.807) is 24.3 Å². The molecule has 4 rings (SSSR count). The summed E-state index contributed by atoms with van der Waals surface area (Å²) in [5, 5.41) is 21.2. The lowest BCUT2D eigenvalue weighted by Gasteiger charge is -2.19. The van der Waals surface area contributed by atoms with E-state index in [1.807, 2.05) is 56.5 Å². The molecule has 0 aliphatic carbocycles. The molecule has 1 atom stereocenters. The Morgan fingerprint density at radius 1 is 1.00 bits per heavy atom. The molecule has 11 heteroatoms. The predicted octanol–water partition coefficient (Wildman–Crippen LogP) is 7.59. The molecule has 1 aromatic heterocycles. The minimum atomic E-state index is -0.615. The number of thioether (sulfide) groups is 1. The molecule has 0 fully saturated rings. The fourth-order valence-electron chi connectivity index (χ4n) is 3.97. The summed E-state index contributed by atoms with van der Waals surface area (Å²) >= 11 is 13.9. The van der Waals surface area contributed by atoms with Crippen LogP contribution in [0.1, 0.15) is 40.3 Å². The number of rotatable bonds is 11. The van der Waals surface area contributed by atoms with Gasteiger partial charge in [-0.25, -0.2) is 0 Å². The van der Waals surface area contributed by atoms with Crippen molar-refractivity contribution in [3.05, 3.63) is 103 Å². The van der Waals surface area contributed by atoms with Gasteiger partial charge < -0.3 is 9.47 Å². The van der Waals surface area contributed by atoms with Gasteiger partial charge in [-0.15, -0.1) is 10.2 Å². The molecule has 1 heterocycles. The number of hydrogen-bond acceptors (Lipinski definition) is 7. The van der Waals surface area contributed by atoms with Crippen molar-refractivity contribution in [3.63, 3.8) is 0 Å². The van der Waals surface area contributed by atoms with Gasteiger partial charge in [-0.2, -0.15) is 0 Å². The van der Waals surface area contributed by atoms with Crippen LogP contribution in [-0.4, -0.2) is 32.8 Å². The molecule has 0 N–H and O–H groups in total. The van der Waals surface area contributed by atoms with Gasteiger partial charge in [-0.3, -0.25) is 14.7 Å². The van der Waals surface area contributed by atoms with Crippen molar-refractivity contribution in [2.45, 2.75) is 44.7 Å². The van der Waals surface area contributed by atoms with Crippen LogP contribution >= 0.6 is 35.0 Å². The van der Waals surface area contributed by atoms with Crippen LogP contribution in [0.3, 0.4) is 0 Å². The summed E-state index contributed by atoms with van der Waals surface area (Å²) in [6.45, 7) is 8.05. The van der Waals surface area contributed by atoms with Crippen LogP contribution in [0.15, 0.2) is 59.8 Å². The Kier molecular flexibility index (Phi) is 9.37. The average Bonchev–Trinajstić information content (AvgIpc) is 3.25. The monoisotopic (exact) mass is 586 g/mol. The molecule has 0 radical (unpaired) electrons. The van der Waals surface area contributed by atoms with Gasteiger partial charge in [0, 0.05) is 15.6 Å². The van der Waals surface area contributed by atoms with Gasteiger partial charge in [-0.1, -0.05) is 53.2 Å². The minimum absolute atomic E-state index is 0.252. The van der Waals surface area contributed by atoms with Crippen molar-refractivity contribution in [2.24, 2.45) is 0 Å². The highest BCUT2D eigenvalue weighted by Crippen LogP contribution is 2.43. The van der Waals surface area contributed by atoms with Gasteiger partial charge in [-0.05, 0) is 86.3 Å². The first-order chi connectivity index (χ1) is 18.7. The highest BCUT2D eigenvalue weighted by Gasteiger charge is 2.26. The van der Waals surface area contributed by atoms with Crippen LogP contribution in [0.2, 0.25) is 10.0 Å². The van der Waals surface area contributed by atoms with Crippen molar-refractivity contribution >= 4 is 35.0 Å². The van der Waals surface area contributed by atoms with E-state index in [2.05, 4.69) is 16.3 Å². The van der Waals surface area contributed by atoms with E-state index < -0.39 is 5.25 Å². The Morgan fingerprint density at radius 2 is 1.74 bits per heavy atom. The average molecular weight is 588 g/mol. The van der Waals surface area contributed by atoms with Gasteiger partial charge in [0.15, 0.2) is 16.7 Å². The van der Waals surface area contributed by atoms with E-state index in [0.29, 0.717) is 44.7 Å². The van der Waals surface area contributed by atoms with Crippen molar-refractivity contribution in [2.75, 3.05) is 13.2 Å². The molecule has 3 aromatic carbocycles. The smallest absolute Gasteiger partial charge is 0.220 e. The van der Waals surface area contributed by atoms with Crippen molar-refractivity contribution in [3.8, 4) is 17.2 Å². The van der Waals surface area contributed by atoms with Gasteiger partial charge in [0.05, 0.1) is 11.6 Å². The standard InChI is InChI=1S/C28H28Cl2N4O4S/c1-5-37-25-14-21(13-24(30)27(25)38-16-20-7-9-22(29)10-8-20)26(15-33(35)36)39-28-32-31-19(4)34(28)23-11-6-17(2)18(3)12-23/h6-14,26H,5,15-16H2,1-4H3/t26-/m0/s1. The second kappa shape index (κ2) is 12.7. The molecule has 0 amide bonds. The topological polar surface area (TPSA) is 92.3 Å². The fourth-order valence-corrected chi connectivity index (χ4v) is 5.52. The zero-order chi connectivity index (χ0) is 28.1. The first kappa shape index (κ1) is 28.7. The number of nitrogens with zero attached hydrogens (tertiary/aromatic N) is 4. The molecule has 204 valence electrons. The number of ether oxygens (including phenoxy) is 2. The predicted molar refractivity (Wildman–Crippen MR) is 154 cm³/mol. The van der Waals surface area contributed by atoms with Crippen molar-refractivity contribution in [1.29, 1.82) is 0 Å². The SMILES string of the molecule is CCOc1cc([C@H](C[N+](=O)[O-])Sc2nnc(C)n2-c2ccc(C)c(C)c2)cc(Cl)c1OCc1ccc(Cl)cc1. The minimum Gasteiger partial charge on any atom is -0.490 e. The number of aromatic nitrogens is 3. The summed E-state index contributed by atoms with van der Waals surface area (Å²) < 4.78 is 13.8. The Bertz CT molecular complexity index is 1480. The molecular formula is C28H28Cl2N4O4S. The Morgan fingerprint density at radius 3 is 2.41 bits per heavy atom. The summed E-state index contributed by atoms with van der Waals surface area (Å²) in [5.41, 5.74) is 4.71. The van der Waals surface area contributed by atoms with Crippen molar-refractivity contribution in [1.82, 2.24) is 14.8 Å². The Hall–Kier alpha value is -3.27. The molecule has 39 heavy (non-hydrogen) atoms. The molecular weight excluding hydrogens is 559 g/mol. The molecule has 0 aliphatic rings. The van der Waals surface area contributed by atoms with Gasteiger partial charge in [0.2, 0.25) is 6.54 Å². The Balaban J connectivity index is 1.67. The number of hydrogen-bond donors (Lipinski definition) is 0. The zero-order valence-corrected chi connectivity index (χ0v) is 24.3. The van der Waals surface area contributed by atoms with Gasteiger partial charge >= 0.3 is 0 Å². The molecule has 0 aliphatic heterocycles. The van der Waals surface area contributed by atoms with E-state index in [-0.39, 0.29) is 18.1 Å². The highest BCUT2D eigenvalue weighted by molar-refractivity contribution is 7.99. The van der Waals surface area contributed by atoms with Gasteiger partial charge in [0.25, 0.3) is 0 Å². The zero-order valence-electron chi connectivity index (χ0n) is 22.0. The van der Waals surface area contributed by atoms with Crippen LogP contribution in [0.25, 0.3) is 5.69 Å². The molecule has 0 unspecified atom stereocenters. The van der Waals surface area contributed by atoms with Crippen LogP contribution in [-0.2, 0) is 6.61 Å². The number of aryl methyl sites for hydroxylation is 3. The van der Waals surface area contributed by atoms with Crippen LogP contribution in [0, 0.1) is 30.9 Å². The normalized spacial score (nSPS) is 11.8.